The Morgan fingerprint density at radius 3 is 2.44 bits per heavy atom. The predicted octanol–water partition coefficient (Wildman–Crippen LogP) is 5.35. The molecule has 4 nitrogen and oxygen atoms in total. The molecule has 8 atom stereocenters. The molecule has 0 unspecified atom stereocenters. The molecule has 0 aromatic rings. The van der Waals surface area contributed by atoms with E-state index < -0.39 is 0 Å². The van der Waals surface area contributed by atoms with E-state index in [1.165, 1.54) is 32.1 Å². The molecule has 32 heavy (non-hydrogen) atoms. The van der Waals surface area contributed by atoms with Gasteiger partial charge in [0.15, 0.2) is 5.78 Å². The molecular formula is C28H44N2O2. The zero-order chi connectivity index (χ0) is 23.4. The average molecular weight is 441 g/mol. The van der Waals surface area contributed by atoms with Crippen LogP contribution in [0.1, 0.15) is 79.6 Å². The molecule has 0 aromatic carbocycles. The van der Waals surface area contributed by atoms with Crippen LogP contribution in [0.25, 0.3) is 0 Å². The lowest BCUT2D eigenvalue weighted by atomic mass is 9.45. The third-order valence-electron chi connectivity index (χ3n) is 10.3. The smallest absolute Gasteiger partial charge is 0.248 e. The Balaban J connectivity index is 1.55. The maximum Gasteiger partial charge on any atom is 0.248 e. The Labute approximate surface area is 195 Å². The minimum atomic E-state index is -0.178. The van der Waals surface area contributed by atoms with Crippen LogP contribution in [0.5, 0.6) is 0 Å². The van der Waals surface area contributed by atoms with Gasteiger partial charge < -0.3 is 10.2 Å². The summed E-state index contributed by atoms with van der Waals surface area (Å²) < 4.78 is 0. The number of allylic oxidation sites excluding steroid dienone is 3. The van der Waals surface area contributed by atoms with Crippen LogP contribution in [-0.4, -0.2) is 36.7 Å². The highest BCUT2D eigenvalue weighted by Crippen LogP contribution is 2.67. The summed E-state index contributed by atoms with van der Waals surface area (Å²) in [5, 5.41) is 2.89. The van der Waals surface area contributed by atoms with Gasteiger partial charge in [0.05, 0.1) is 5.70 Å². The number of Topliss-reactive ketones (excluding diaryl/α,β-unsaturated/α-hetero) is 1. The quantitative estimate of drug-likeness (QED) is 0.600. The van der Waals surface area contributed by atoms with Crippen molar-refractivity contribution >= 4 is 11.7 Å². The van der Waals surface area contributed by atoms with Crippen LogP contribution in [-0.2, 0) is 9.59 Å². The van der Waals surface area contributed by atoms with E-state index >= 15 is 0 Å². The molecule has 0 bridgehead atoms. The van der Waals surface area contributed by atoms with Gasteiger partial charge in [-0.1, -0.05) is 25.5 Å². The summed E-state index contributed by atoms with van der Waals surface area (Å²) in [7, 11) is 4.46. The molecule has 4 aliphatic carbocycles. The van der Waals surface area contributed by atoms with Gasteiger partial charge in [0.1, 0.15) is 0 Å². The summed E-state index contributed by atoms with van der Waals surface area (Å²) in [6, 6.07) is 0.625. The first-order valence-electron chi connectivity index (χ1n) is 12.9. The summed E-state index contributed by atoms with van der Waals surface area (Å²) in [5.41, 5.74) is 1.96. The number of fused-ring (bicyclic) bond motifs is 5. The van der Waals surface area contributed by atoms with Gasteiger partial charge in [-0.05, 0) is 114 Å². The van der Waals surface area contributed by atoms with Gasteiger partial charge in [0, 0.05) is 18.0 Å². The first-order valence-corrected chi connectivity index (χ1v) is 12.9. The normalized spacial score (nSPS) is 41.8. The molecule has 3 saturated carbocycles. The Morgan fingerprint density at radius 2 is 1.78 bits per heavy atom. The topological polar surface area (TPSA) is 49.4 Å². The molecular weight excluding hydrogens is 396 g/mol. The fraction of sp³-hybridized carbons (Fsp3) is 0.786. The molecule has 0 aliphatic heterocycles. The Bertz CT molecular complexity index is 838. The molecule has 3 fully saturated rings. The highest BCUT2D eigenvalue weighted by atomic mass is 16.2. The standard InChI is InChI=1S/C28H44N2O2/c1-17(2)16-25(31)29-24-13-15-28(5)22-12-14-27(4)20(18(3)30(6)7)10-11-21(27)19(22)8-9-23(28)26(24)32/h13,16,18-23H,8-12,14-15H2,1-7H3,(H,29,31)/t18-,19-,20+,21-,22-,23-,27+,28+/m0/s1. The molecule has 1 N–H and O–H groups in total. The van der Waals surface area contributed by atoms with Crippen molar-refractivity contribution in [2.45, 2.75) is 85.6 Å². The number of amides is 1. The van der Waals surface area contributed by atoms with Crippen LogP contribution in [0, 0.1) is 40.4 Å². The summed E-state index contributed by atoms with van der Waals surface area (Å²) in [6.45, 7) is 11.2. The van der Waals surface area contributed by atoms with Crippen molar-refractivity contribution < 1.29 is 9.59 Å². The van der Waals surface area contributed by atoms with Gasteiger partial charge in [-0.3, -0.25) is 9.59 Å². The van der Waals surface area contributed by atoms with Crippen molar-refractivity contribution in [2.24, 2.45) is 40.4 Å². The summed E-state index contributed by atoms with van der Waals surface area (Å²) >= 11 is 0. The van der Waals surface area contributed by atoms with E-state index in [2.05, 4.69) is 45.1 Å². The van der Waals surface area contributed by atoms with Gasteiger partial charge in [-0.25, -0.2) is 0 Å². The molecule has 0 saturated heterocycles. The minimum absolute atomic E-state index is 0.0390. The van der Waals surface area contributed by atoms with E-state index in [1.807, 2.05) is 19.9 Å². The zero-order valence-corrected chi connectivity index (χ0v) is 21.3. The van der Waals surface area contributed by atoms with Crippen LogP contribution < -0.4 is 5.32 Å². The molecule has 0 spiro atoms. The van der Waals surface area contributed by atoms with Gasteiger partial charge in [-0.2, -0.15) is 0 Å². The first kappa shape index (κ1) is 23.7. The van der Waals surface area contributed by atoms with E-state index in [0.717, 1.165) is 36.2 Å². The van der Waals surface area contributed by atoms with Crippen LogP contribution in [0.2, 0.25) is 0 Å². The number of nitrogens with one attached hydrogen (secondary N) is 1. The third-order valence-corrected chi connectivity index (χ3v) is 10.3. The number of nitrogens with zero attached hydrogens (tertiary/aromatic N) is 1. The first-order chi connectivity index (χ1) is 15.0. The minimum Gasteiger partial charge on any atom is -0.320 e. The number of ketones is 1. The lowest BCUT2D eigenvalue weighted by Gasteiger charge is -2.60. The van der Waals surface area contributed by atoms with Crippen molar-refractivity contribution in [3.8, 4) is 0 Å². The van der Waals surface area contributed by atoms with Crippen LogP contribution in [0.4, 0.5) is 0 Å². The van der Waals surface area contributed by atoms with E-state index in [-0.39, 0.29) is 23.0 Å². The highest BCUT2D eigenvalue weighted by molar-refractivity contribution is 6.03. The maximum absolute atomic E-state index is 13.5. The molecule has 0 aromatic heterocycles. The number of hydrogen-bond acceptors (Lipinski definition) is 3. The van der Waals surface area contributed by atoms with Crippen LogP contribution >= 0.6 is 0 Å². The molecule has 4 rings (SSSR count). The largest absolute Gasteiger partial charge is 0.320 e. The molecule has 4 heteroatoms. The number of carbonyl (C=O) groups is 2. The third kappa shape index (κ3) is 3.71. The Kier molecular flexibility index (Phi) is 6.24. The van der Waals surface area contributed by atoms with Crippen molar-refractivity contribution in [3.05, 3.63) is 23.4 Å². The summed E-state index contributed by atoms with van der Waals surface area (Å²) in [6.07, 6.45) is 11.9. The average Bonchev–Trinajstić information content (AvgIpc) is 3.06. The van der Waals surface area contributed by atoms with Crippen LogP contribution in [0.3, 0.4) is 0 Å². The predicted molar refractivity (Wildman–Crippen MR) is 130 cm³/mol. The van der Waals surface area contributed by atoms with E-state index in [0.29, 0.717) is 23.1 Å². The second kappa shape index (κ2) is 8.42. The molecule has 178 valence electrons. The zero-order valence-electron chi connectivity index (χ0n) is 21.3. The number of rotatable bonds is 4. The lowest BCUT2D eigenvalue weighted by Crippen LogP contribution is -2.56. The fourth-order valence-corrected chi connectivity index (χ4v) is 8.53. The van der Waals surface area contributed by atoms with Crippen molar-refractivity contribution in [2.75, 3.05) is 14.1 Å². The van der Waals surface area contributed by atoms with E-state index in [4.69, 9.17) is 0 Å². The molecule has 0 radical (unpaired) electrons. The van der Waals surface area contributed by atoms with Gasteiger partial charge in [-0.15, -0.1) is 0 Å². The second-order valence-electron chi connectivity index (χ2n) is 12.3. The Hall–Kier alpha value is -1.42. The second-order valence-corrected chi connectivity index (χ2v) is 12.3. The monoisotopic (exact) mass is 440 g/mol. The fourth-order valence-electron chi connectivity index (χ4n) is 8.53. The maximum atomic E-state index is 13.5. The van der Waals surface area contributed by atoms with E-state index in [9.17, 15) is 9.59 Å². The van der Waals surface area contributed by atoms with Crippen molar-refractivity contribution in [1.29, 1.82) is 0 Å². The highest BCUT2D eigenvalue weighted by Gasteiger charge is 2.61. The van der Waals surface area contributed by atoms with Gasteiger partial charge in [0.25, 0.3) is 0 Å². The van der Waals surface area contributed by atoms with Crippen molar-refractivity contribution in [3.63, 3.8) is 0 Å². The van der Waals surface area contributed by atoms with Gasteiger partial charge in [0.2, 0.25) is 5.91 Å². The number of carbonyl (C=O) groups excluding carboxylic acids is 2. The van der Waals surface area contributed by atoms with Crippen LogP contribution in [0.15, 0.2) is 23.4 Å². The molecule has 0 heterocycles. The Morgan fingerprint density at radius 1 is 1.09 bits per heavy atom. The summed E-state index contributed by atoms with van der Waals surface area (Å²) in [5.74, 6) is 3.00. The summed E-state index contributed by atoms with van der Waals surface area (Å²) in [4.78, 5) is 28.1. The number of hydrogen-bond donors (Lipinski definition) is 1. The lowest BCUT2D eigenvalue weighted by molar-refractivity contribution is -0.141. The molecule has 1 amide bonds. The van der Waals surface area contributed by atoms with Gasteiger partial charge >= 0.3 is 0 Å². The van der Waals surface area contributed by atoms with E-state index in [1.54, 1.807) is 6.08 Å². The molecule has 4 aliphatic rings. The van der Waals surface area contributed by atoms with Crippen molar-refractivity contribution in [1.82, 2.24) is 10.2 Å². The SMILES string of the molecule is CC(C)=CC(=O)NC1=CC[C@@]2(C)[C@@H](CC[C@@H]3[C@@H]2CC[C@]2(C)[C@@H]([C@H](C)N(C)C)CC[C@@H]32)C1=O.